The van der Waals surface area contributed by atoms with Crippen molar-refractivity contribution in [1.29, 1.82) is 0 Å². The Morgan fingerprint density at radius 1 is 1.00 bits per heavy atom. The number of halogens is 4. The van der Waals surface area contributed by atoms with E-state index in [0.29, 0.717) is 24.2 Å². The minimum atomic E-state index is -4.21. The van der Waals surface area contributed by atoms with Crippen molar-refractivity contribution in [2.24, 2.45) is 0 Å². The molecular weight excluding hydrogens is 450 g/mol. The summed E-state index contributed by atoms with van der Waals surface area (Å²) in [5.74, 6) is -8.54. The van der Waals surface area contributed by atoms with Gasteiger partial charge in [-0.15, -0.1) is 0 Å². The zero-order chi connectivity index (χ0) is 24.0. The number of ether oxygens (including phenoxy) is 1. The van der Waals surface area contributed by atoms with E-state index in [1.807, 2.05) is 6.92 Å². The molecule has 0 N–H and O–H groups in total. The molecule has 3 rings (SSSR count). The van der Waals surface area contributed by atoms with Gasteiger partial charge in [-0.3, -0.25) is 4.90 Å². The number of cyclic esters (lactones) is 1. The van der Waals surface area contributed by atoms with Gasteiger partial charge in [-0.2, -0.15) is 0 Å². The van der Waals surface area contributed by atoms with Crippen LogP contribution in [-0.2, 0) is 31.7 Å². The summed E-state index contributed by atoms with van der Waals surface area (Å²) < 4.78 is 86.7. The molecule has 0 saturated heterocycles. The minimum absolute atomic E-state index is 0.278. The highest BCUT2D eigenvalue weighted by molar-refractivity contribution is 7.89. The monoisotopic (exact) mass is 473 g/mol. The summed E-state index contributed by atoms with van der Waals surface area (Å²) in [7, 11) is -4.21. The van der Waals surface area contributed by atoms with E-state index in [1.165, 1.54) is 11.0 Å². The number of benzene rings is 2. The molecule has 2 aromatic carbocycles. The van der Waals surface area contributed by atoms with Crippen LogP contribution in [0.3, 0.4) is 0 Å². The standard InChI is InChI=1S/C22H23F4NO4S/c1-5-8-27-16-7-6-13(9-15(16)22(3,4)31-21(27)28)10-32(29,30)11-14-19(25)17(23)12(2)18(24)20(14)26/h6-7,9H,5,8,10-11H2,1-4H3. The van der Waals surface area contributed by atoms with Gasteiger partial charge in [0.25, 0.3) is 0 Å². The summed E-state index contributed by atoms with van der Waals surface area (Å²) >= 11 is 0. The second-order valence-electron chi connectivity index (χ2n) is 8.27. The summed E-state index contributed by atoms with van der Waals surface area (Å²) in [6.07, 6.45) is 0.158. The van der Waals surface area contributed by atoms with Gasteiger partial charge in [-0.25, -0.2) is 30.8 Å². The van der Waals surface area contributed by atoms with Gasteiger partial charge in [0.05, 0.1) is 17.2 Å². The van der Waals surface area contributed by atoms with Crippen molar-refractivity contribution >= 4 is 21.6 Å². The van der Waals surface area contributed by atoms with E-state index in [9.17, 15) is 30.8 Å². The van der Waals surface area contributed by atoms with Crippen LogP contribution in [0.15, 0.2) is 18.2 Å². The molecule has 1 heterocycles. The Balaban J connectivity index is 1.96. The van der Waals surface area contributed by atoms with Crippen LogP contribution in [0.2, 0.25) is 0 Å². The highest BCUT2D eigenvalue weighted by Crippen LogP contribution is 2.39. The summed E-state index contributed by atoms with van der Waals surface area (Å²) in [5.41, 5.74) is -1.63. The van der Waals surface area contributed by atoms with Gasteiger partial charge >= 0.3 is 6.09 Å². The lowest BCUT2D eigenvalue weighted by molar-refractivity contribution is 0.0350. The Kier molecular flexibility index (Phi) is 6.29. The van der Waals surface area contributed by atoms with E-state index in [1.54, 1.807) is 26.0 Å². The van der Waals surface area contributed by atoms with Gasteiger partial charge in [0.15, 0.2) is 33.1 Å². The molecule has 1 aliphatic rings. The first kappa shape index (κ1) is 24.0. The molecule has 0 aliphatic carbocycles. The van der Waals surface area contributed by atoms with Crippen molar-refractivity contribution in [1.82, 2.24) is 0 Å². The van der Waals surface area contributed by atoms with Crippen LogP contribution in [0.1, 0.15) is 49.4 Å². The lowest BCUT2D eigenvalue weighted by atomic mass is 9.92. The molecule has 1 amide bonds. The number of anilines is 1. The summed E-state index contributed by atoms with van der Waals surface area (Å²) in [5, 5.41) is 0. The molecule has 0 aromatic heterocycles. The largest absolute Gasteiger partial charge is 0.438 e. The molecule has 32 heavy (non-hydrogen) atoms. The van der Waals surface area contributed by atoms with E-state index in [-0.39, 0.29) is 5.56 Å². The van der Waals surface area contributed by atoms with Gasteiger partial charge in [0.1, 0.15) is 5.60 Å². The summed E-state index contributed by atoms with van der Waals surface area (Å²) in [6, 6.07) is 4.62. The Morgan fingerprint density at radius 3 is 2.16 bits per heavy atom. The first-order valence-electron chi connectivity index (χ1n) is 9.94. The average Bonchev–Trinajstić information content (AvgIpc) is 2.71. The van der Waals surface area contributed by atoms with Gasteiger partial charge in [0.2, 0.25) is 0 Å². The third-order valence-corrected chi connectivity index (χ3v) is 6.84. The van der Waals surface area contributed by atoms with Crippen molar-refractivity contribution in [3.05, 3.63) is 63.7 Å². The molecule has 0 spiro atoms. The molecule has 0 saturated carbocycles. The van der Waals surface area contributed by atoms with Crippen molar-refractivity contribution in [2.75, 3.05) is 11.4 Å². The van der Waals surface area contributed by atoms with Crippen LogP contribution in [0.4, 0.5) is 28.0 Å². The lowest BCUT2D eigenvalue weighted by Gasteiger charge is -2.38. The van der Waals surface area contributed by atoms with E-state index < -0.39 is 67.4 Å². The maximum absolute atomic E-state index is 14.2. The second-order valence-corrected chi connectivity index (χ2v) is 10.3. The number of carbonyl (C=O) groups is 1. The van der Waals surface area contributed by atoms with Crippen LogP contribution < -0.4 is 4.90 Å². The van der Waals surface area contributed by atoms with E-state index >= 15 is 0 Å². The van der Waals surface area contributed by atoms with Crippen molar-refractivity contribution in [3.8, 4) is 0 Å². The average molecular weight is 473 g/mol. The molecule has 0 fully saturated rings. The topological polar surface area (TPSA) is 63.7 Å². The fraction of sp³-hybridized carbons (Fsp3) is 0.409. The number of hydrogen-bond acceptors (Lipinski definition) is 4. The fourth-order valence-electron chi connectivity index (χ4n) is 3.69. The Bertz CT molecular complexity index is 1170. The highest BCUT2D eigenvalue weighted by atomic mass is 32.2. The smallest absolute Gasteiger partial charge is 0.415 e. The molecule has 0 atom stereocenters. The Hall–Kier alpha value is -2.62. The third-order valence-electron chi connectivity index (χ3n) is 5.34. The zero-order valence-corrected chi connectivity index (χ0v) is 18.9. The van der Waals surface area contributed by atoms with Crippen LogP contribution in [0.25, 0.3) is 0 Å². The third kappa shape index (κ3) is 4.32. The summed E-state index contributed by atoms with van der Waals surface area (Å²) in [4.78, 5) is 13.7. The SMILES string of the molecule is CCCN1C(=O)OC(C)(C)c2cc(CS(=O)(=O)Cc3c(F)c(F)c(C)c(F)c3F)ccc21. The van der Waals surface area contributed by atoms with Crippen molar-refractivity contribution < 1.29 is 35.5 Å². The number of sulfone groups is 1. The van der Waals surface area contributed by atoms with Crippen LogP contribution in [0, 0.1) is 30.2 Å². The van der Waals surface area contributed by atoms with Crippen molar-refractivity contribution in [2.45, 2.75) is 51.2 Å². The molecule has 0 radical (unpaired) electrons. The zero-order valence-electron chi connectivity index (χ0n) is 18.1. The predicted octanol–water partition coefficient (Wildman–Crippen LogP) is 5.27. The maximum Gasteiger partial charge on any atom is 0.415 e. The number of nitrogens with zero attached hydrogens (tertiary/aromatic N) is 1. The Morgan fingerprint density at radius 2 is 1.59 bits per heavy atom. The fourth-order valence-corrected chi connectivity index (χ4v) is 5.17. The van der Waals surface area contributed by atoms with Crippen LogP contribution in [-0.4, -0.2) is 21.1 Å². The first-order valence-corrected chi connectivity index (χ1v) is 11.8. The normalized spacial score (nSPS) is 15.5. The predicted molar refractivity (Wildman–Crippen MR) is 111 cm³/mol. The van der Waals surface area contributed by atoms with Crippen LogP contribution in [0.5, 0.6) is 0 Å². The molecular formula is C22H23F4NO4S. The van der Waals surface area contributed by atoms with Gasteiger partial charge in [-0.1, -0.05) is 13.0 Å². The first-order chi connectivity index (χ1) is 14.8. The molecule has 5 nitrogen and oxygen atoms in total. The van der Waals surface area contributed by atoms with E-state index in [2.05, 4.69) is 0 Å². The molecule has 0 unspecified atom stereocenters. The van der Waals surface area contributed by atoms with Gasteiger partial charge in [-0.05, 0) is 44.9 Å². The molecule has 0 bridgehead atoms. The Labute approximate surface area is 183 Å². The highest BCUT2D eigenvalue weighted by Gasteiger charge is 2.38. The molecule has 2 aromatic rings. The number of hydrogen-bond donors (Lipinski definition) is 0. The summed E-state index contributed by atoms with van der Waals surface area (Å²) in [6.45, 7) is 6.48. The second kappa shape index (κ2) is 8.38. The van der Waals surface area contributed by atoms with E-state index in [4.69, 9.17) is 4.74 Å². The van der Waals surface area contributed by atoms with Gasteiger partial charge < -0.3 is 4.74 Å². The maximum atomic E-state index is 14.2. The number of fused-ring (bicyclic) bond motifs is 1. The van der Waals surface area contributed by atoms with E-state index in [0.717, 1.165) is 6.92 Å². The quantitative estimate of drug-likeness (QED) is 0.424. The van der Waals surface area contributed by atoms with Gasteiger partial charge in [0, 0.05) is 23.2 Å². The molecule has 10 heteroatoms. The number of amides is 1. The van der Waals surface area contributed by atoms with Crippen molar-refractivity contribution in [3.63, 3.8) is 0 Å². The minimum Gasteiger partial charge on any atom is -0.438 e. The van der Waals surface area contributed by atoms with Crippen LogP contribution >= 0.6 is 0 Å². The lowest BCUT2D eigenvalue weighted by Crippen LogP contribution is -2.43. The molecule has 1 aliphatic heterocycles. The number of carbonyl (C=O) groups excluding carboxylic acids is 1. The number of rotatable bonds is 6. The molecule has 174 valence electrons.